The Kier molecular flexibility index (Phi) is 4.11. The van der Waals surface area contributed by atoms with Gasteiger partial charge in [-0.15, -0.1) is 10.2 Å². The molecule has 128 valence electrons. The van der Waals surface area contributed by atoms with E-state index in [-0.39, 0.29) is 5.91 Å². The number of nitrogens with one attached hydrogen (secondary N) is 2. The van der Waals surface area contributed by atoms with Gasteiger partial charge in [0, 0.05) is 31.7 Å². The smallest absolute Gasteiger partial charge is 0.272 e. The van der Waals surface area contributed by atoms with Crippen LogP contribution in [0.2, 0.25) is 0 Å². The lowest BCUT2D eigenvalue weighted by Gasteiger charge is -2.18. The van der Waals surface area contributed by atoms with E-state index in [0.29, 0.717) is 25.3 Å². The summed E-state index contributed by atoms with van der Waals surface area (Å²) in [5.74, 6) is 1.59. The Hall–Kier alpha value is -3.23. The Labute approximate surface area is 144 Å². The molecule has 1 aliphatic heterocycles. The Balaban J connectivity index is 1.48. The monoisotopic (exact) mass is 338 g/mol. The molecule has 0 radical (unpaired) electrons. The zero-order valence-electron chi connectivity index (χ0n) is 13.6. The second kappa shape index (κ2) is 6.71. The van der Waals surface area contributed by atoms with Gasteiger partial charge in [-0.3, -0.25) is 14.9 Å². The van der Waals surface area contributed by atoms with E-state index in [1.54, 1.807) is 29.6 Å². The van der Waals surface area contributed by atoms with Gasteiger partial charge in [0.25, 0.3) is 5.91 Å². The molecule has 0 saturated carbocycles. The molecule has 3 aromatic rings. The fourth-order valence-electron chi connectivity index (χ4n) is 2.91. The van der Waals surface area contributed by atoms with E-state index in [2.05, 4.69) is 35.3 Å². The van der Waals surface area contributed by atoms with E-state index in [1.807, 2.05) is 12.1 Å². The highest BCUT2D eigenvalue weighted by molar-refractivity contribution is 5.92. The highest BCUT2D eigenvalue weighted by Crippen LogP contribution is 2.15. The van der Waals surface area contributed by atoms with Crippen molar-refractivity contribution >= 4 is 11.6 Å². The first-order valence-electron chi connectivity index (χ1n) is 8.15. The Morgan fingerprint density at radius 3 is 3.00 bits per heavy atom. The van der Waals surface area contributed by atoms with Gasteiger partial charge in [-0.25, -0.2) is 0 Å². The quantitative estimate of drug-likeness (QED) is 0.737. The van der Waals surface area contributed by atoms with Gasteiger partial charge in [-0.2, -0.15) is 5.10 Å². The second-order valence-corrected chi connectivity index (χ2v) is 5.83. The topological polar surface area (TPSA) is 105 Å². The second-order valence-electron chi connectivity index (χ2n) is 5.83. The van der Waals surface area contributed by atoms with E-state index in [0.717, 1.165) is 30.3 Å². The minimum Gasteiger partial charge on any atom is -0.376 e. The molecule has 0 atom stereocenters. The molecule has 0 unspecified atom stereocenters. The number of aromatic nitrogens is 6. The van der Waals surface area contributed by atoms with Gasteiger partial charge in [0.1, 0.15) is 5.69 Å². The van der Waals surface area contributed by atoms with Gasteiger partial charge in [-0.1, -0.05) is 0 Å². The fraction of sp³-hybridized carbons (Fsp3) is 0.312. The predicted molar refractivity (Wildman–Crippen MR) is 89.5 cm³/mol. The fourth-order valence-corrected chi connectivity index (χ4v) is 2.91. The largest absolute Gasteiger partial charge is 0.376 e. The predicted octanol–water partition coefficient (Wildman–Crippen LogP) is 1.05. The zero-order chi connectivity index (χ0) is 17.1. The highest BCUT2D eigenvalue weighted by atomic mass is 16.2. The van der Waals surface area contributed by atoms with Crippen LogP contribution in [0.3, 0.4) is 0 Å². The van der Waals surface area contributed by atoms with Crippen LogP contribution in [0.5, 0.6) is 0 Å². The Morgan fingerprint density at radius 1 is 1.24 bits per heavy atom. The maximum Gasteiger partial charge on any atom is 0.272 e. The van der Waals surface area contributed by atoms with E-state index >= 15 is 0 Å². The standard InChI is InChI=1S/C16H18N8O/c25-16(13-4-6-19-20-13)23-7-2-8-24-14(21-22-15(24)11-23)10-18-12-3-1-5-17-9-12/h1,3-6,9,18H,2,7-8,10-11H2,(H,19,20). The molecule has 0 fully saturated rings. The van der Waals surface area contributed by atoms with Crippen LogP contribution in [-0.2, 0) is 19.6 Å². The number of aromatic amines is 1. The number of fused-ring (bicyclic) bond motifs is 1. The first-order valence-corrected chi connectivity index (χ1v) is 8.15. The third-order valence-electron chi connectivity index (χ3n) is 4.18. The van der Waals surface area contributed by atoms with Crippen molar-refractivity contribution in [3.05, 3.63) is 54.1 Å². The Morgan fingerprint density at radius 2 is 2.20 bits per heavy atom. The van der Waals surface area contributed by atoms with Gasteiger partial charge in [0.15, 0.2) is 11.6 Å². The number of pyridine rings is 1. The summed E-state index contributed by atoms with van der Waals surface area (Å²) in [6, 6.07) is 5.52. The van der Waals surface area contributed by atoms with Crippen molar-refractivity contribution in [3.63, 3.8) is 0 Å². The molecule has 0 saturated heterocycles. The number of carbonyl (C=O) groups excluding carboxylic acids is 1. The lowest BCUT2D eigenvalue weighted by molar-refractivity contribution is 0.0737. The molecule has 25 heavy (non-hydrogen) atoms. The summed E-state index contributed by atoms with van der Waals surface area (Å²) in [6.45, 7) is 2.47. The van der Waals surface area contributed by atoms with Crippen molar-refractivity contribution in [2.45, 2.75) is 26.1 Å². The summed E-state index contributed by atoms with van der Waals surface area (Å²) >= 11 is 0. The highest BCUT2D eigenvalue weighted by Gasteiger charge is 2.24. The van der Waals surface area contributed by atoms with Crippen LogP contribution in [0.1, 0.15) is 28.6 Å². The van der Waals surface area contributed by atoms with Crippen molar-refractivity contribution in [3.8, 4) is 0 Å². The van der Waals surface area contributed by atoms with Crippen LogP contribution >= 0.6 is 0 Å². The van der Waals surface area contributed by atoms with Crippen LogP contribution < -0.4 is 5.32 Å². The minimum absolute atomic E-state index is 0.0658. The summed E-state index contributed by atoms with van der Waals surface area (Å²) in [6.07, 6.45) is 5.94. The van der Waals surface area contributed by atoms with Crippen LogP contribution in [0.4, 0.5) is 5.69 Å². The molecule has 0 aliphatic carbocycles. The first-order chi connectivity index (χ1) is 12.3. The van der Waals surface area contributed by atoms with Crippen LogP contribution in [-0.4, -0.2) is 47.3 Å². The van der Waals surface area contributed by atoms with Crippen LogP contribution in [0, 0.1) is 0 Å². The lowest BCUT2D eigenvalue weighted by atomic mass is 10.3. The number of rotatable bonds is 4. The molecule has 3 aromatic heterocycles. The first kappa shape index (κ1) is 15.3. The molecule has 0 aromatic carbocycles. The number of hydrogen-bond acceptors (Lipinski definition) is 6. The number of hydrogen-bond donors (Lipinski definition) is 2. The molecule has 9 heteroatoms. The minimum atomic E-state index is -0.0658. The maximum atomic E-state index is 12.5. The maximum absolute atomic E-state index is 12.5. The molecule has 9 nitrogen and oxygen atoms in total. The SMILES string of the molecule is O=C(c1ccn[nH]1)N1CCCn2c(CNc3cccnc3)nnc2C1. The van der Waals surface area contributed by atoms with Crippen molar-refractivity contribution in [1.29, 1.82) is 0 Å². The summed E-state index contributed by atoms with van der Waals surface area (Å²) in [4.78, 5) is 18.4. The number of nitrogens with zero attached hydrogens (tertiary/aromatic N) is 6. The van der Waals surface area contributed by atoms with Gasteiger partial charge in [-0.05, 0) is 24.6 Å². The molecule has 0 spiro atoms. The van der Waals surface area contributed by atoms with Gasteiger partial charge < -0.3 is 14.8 Å². The number of H-pyrrole nitrogens is 1. The lowest BCUT2D eigenvalue weighted by Crippen LogP contribution is -2.31. The number of anilines is 1. The summed E-state index contributed by atoms with van der Waals surface area (Å²) in [7, 11) is 0. The average Bonchev–Trinajstić information content (AvgIpc) is 3.26. The van der Waals surface area contributed by atoms with E-state index < -0.39 is 0 Å². The van der Waals surface area contributed by atoms with Crippen molar-refractivity contribution in [1.82, 2.24) is 34.8 Å². The molecule has 0 bridgehead atoms. The molecular weight excluding hydrogens is 320 g/mol. The molecular formula is C16H18N8O. The summed E-state index contributed by atoms with van der Waals surface area (Å²) in [5.41, 5.74) is 1.43. The normalized spacial score (nSPS) is 14.0. The van der Waals surface area contributed by atoms with Gasteiger partial charge >= 0.3 is 0 Å². The molecule has 2 N–H and O–H groups in total. The molecule has 1 amide bonds. The van der Waals surface area contributed by atoms with Gasteiger partial charge in [0.2, 0.25) is 0 Å². The van der Waals surface area contributed by atoms with Gasteiger partial charge in [0.05, 0.1) is 18.8 Å². The summed E-state index contributed by atoms with van der Waals surface area (Å²) < 4.78 is 2.09. The zero-order valence-corrected chi connectivity index (χ0v) is 13.6. The Bertz CT molecular complexity index is 842. The van der Waals surface area contributed by atoms with E-state index in [1.165, 1.54) is 0 Å². The van der Waals surface area contributed by atoms with Crippen molar-refractivity contribution < 1.29 is 4.79 Å². The molecule has 4 heterocycles. The van der Waals surface area contributed by atoms with Crippen LogP contribution in [0.15, 0.2) is 36.8 Å². The number of amides is 1. The molecule has 4 rings (SSSR count). The van der Waals surface area contributed by atoms with Crippen molar-refractivity contribution in [2.24, 2.45) is 0 Å². The third kappa shape index (κ3) is 3.21. The van der Waals surface area contributed by atoms with E-state index in [4.69, 9.17) is 0 Å². The van der Waals surface area contributed by atoms with E-state index in [9.17, 15) is 4.79 Å². The third-order valence-corrected chi connectivity index (χ3v) is 4.18. The molecule has 1 aliphatic rings. The van der Waals surface area contributed by atoms with Crippen LogP contribution in [0.25, 0.3) is 0 Å². The number of carbonyl (C=O) groups is 1. The van der Waals surface area contributed by atoms with Crippen molar-refractivity contribution in [2.75, 3.05) is 11.9 Å². The summed E-state index contributed by atoms with van der Waals surface area (Å²) in [5, 5.41) is 18.4. The average molecular weight is 338 g/mol.